The molecule has 5 nitrogen and oxygen atoms in total. The number of rotatable bonds is 8. The third-order valence-corrected chi connectivity index (χ3v) is 5.59. The Morgan fingerprint density at radius 2 is 2.17 bits per heavy atom. The quantitative estimate of drug-likeness (QED) is 0.317. The van der Waals surface area contributed by atoms with E-state index in [0.717, 1.165) is 0 Å². The van der Waals surface area contributed by atoms with E-state index in [1.165, 1.54) is 7.11 Å². The van der Waals surface area contributed by atoms with Gasteiger partial charge in [-0.1, -0.05) is 0 Å². The molecule has 0 radical (unpaired) electrons. The van der Waals surface area contributed by atoms with E-state index in [1.807, 2.05) is 12.1 Å². The standard InChI is InChI=1S/C10H19NO4SSe2/c1-15-9(14)10(11,4-5-16(2)17)8(13)7(12)6-18-3/h7,12H,4-6,11H2,1-3H3/t7-,10?,16?/m0/s1. The Hall–Kier alpha value is 0.449. The van der Waals surface area contributed by atoms with Gasteiger partial charge in [-0.15, -0.1) is 0 Å². The minimum atomic E-state index is -1.73. The van der Waals surface area contributed by atoms with Crippen LogP contribution in [0.2, 0.25) is 11.1 Å². The molecule has 8 heteroatoms. The Morgan fingerprint density at radius 1 is 1.61 bits per heavy atom. The second-order valence-corrected chi connectivity index (χ2v) is 10.9. The summed E-state index contributed by atoms with van der Waals surface area (Å²) in [6.07, 6.45) is 0.950. The number of ether oxygens (including phenoxy) is 1. The Balaban J connectivity index is 5.01. The molecule has 3 N–H and O–H groups in total. The van der Waals surface area contributed by atoms with Crippen LogP contribution in [0.4, 0.5) is 0 Å². The molecule has 0 bridgehead atoms. The molecule has 0 aromatic rings. The van der Waals surface area contributed by atoms with Gasteiger partial charge in [-0.2, -0.15) is 0 Å². The van der Waals surface area contributed by atoms with E-state index in [2.05, 4.69) is 19.1 Å². The average molecular weight is 407 g/mol. The van der Waals surface area contributed by atoms with Gasteiger partial charge in [0.05, 0.1) is 0 Å². The second-order valence-electron chi connectivity index (χ2n) is 3.83. The molecule has 0 fully saturated rings. The van der Waals surface area contributed by atoms with Crippen molar-refractivity contribution in [2.75, 3.05) is 19.1 Å². The molecule has 0 aromatic heterocycles. The van der Waals surface area contributed by atoms with Crippen LogP contribution in [-0.2, 0) is 14.3 Å². The first-order chi connectivity index (χ1) is 8.29. The first kappa shape index (κ1) is 18.4. The summed E-state index contributed by atoms with van der Waals surface area (Å²) in [6, 6.07) is 0. The van der Waals surface area contributed by atoms with E-state index in [4.69, 9.17) is 5.73 Å². The van der Waals surface area contributed by atoms with Crippen LogP contribution in [0.5, 0.6) is 0 Å². The van der Waals surface area contributed by atoms with Gasteiger partial charge >= 0.3 is 123 Å². The molecule has 0 heterocycles. The van der Waals surface area contributed by atoms with E-state index in [0.29, 0.717) is 11.1 Å². The Kier molecular flexibility index (Phi) is 8.80. The molecule has 2 unspecified atom stereocenters. The molecule has 0 rings (SSSR count). The van der Waals surface area contributed by atoms with Gasteiger partial charge in [0.25, 0.3) is 0 Å². The molecule has 0 spiro atoms. The molecule has 0 amide bonds. The summed E-state index contributed by atoms with van der Waals surface area (Å²) < 4.78 is 4.60. The van der Waals surface area contributed by atoms with Gasteiger partial charge in [0.2, 0.25) is 0 Å². The third-order valence-electron chi connectivity index (χ3n) is 2.40. The van der Waals surface area contributed by atoms with Crippen LogP contribution in [0.1, 0.15) is 6.42 Å². The van der Waals surface area contributed by atoms with Crippen LogP contribution in [0.25, 0.3) is 0 Å². The van der Waals surface area contributed by atoms with Gasteiger partial charge < -0.3 is 0 Å². The van der Waals surface area contributed by atoms with Crippen molar-refractivity contribution >= 4 is 49.9 Å². The zero-order valence-corrected chi connectivity index (χ0v) is 14.9. The number of methoxy groups -OCH3 is 1. The molecule has 18 heavy (non-hydrogen) atoms. The fraction of sp³-hybridized carbons (Fsp3) is 0.800. The normalized spacial score (nSPS) is 17.6. The number of hydrogen-bond donors (Lipinski definition) is 2. The zero-order chi connectivity index (χ0) is 14.3. The van der Waals surface area contributed by atoms with Crippen molar-refractivity contribution in [1.82, 2.24) is 0 Å². The SMILES string of the molecule is COC(=O)C(N)(CCS(C)=[Se])C(=O)[C@@H](O)C[Se]C. The first-order valence-corrected chi connectivity index (χ1v) is 11.9. The van der Waals surface area contributed by atoms with Crippen LogP contribution >= 0.6 is 8.82 Å². The topological polar surface area (TPSA) is 89.6 Å². The molecule has 0 aliphatic carbocycles. The predicted molar refractivity (Wildman–Crippen MR) is 75.1 cm³/mol. The molecular weight excluding hydrogens is 388 g/mol. The van der Waals surface area contributed by atoms with Crippen LogP contribution in [0, 0.1) is 0 Å². The fourth-order valence-corrected chi connectivity index (χ4v) is 3.46. The summed E-state index contributed by atoms with van der Waals surface area (Å²) in [6.45, 7) is 0. The molecule has 0 aromatic carbocycles. The van der Waals surface area contributed by atoms with Gasteiger partial charge in [-0.05, 0) is 0 Å². The van der Waals surface area contributed by atoms with E-state index < -0.39 is 23.4 Å². The van der Waals surface area contributed by atoms with Crippen molar-refractivity contribution in [2.45, 2.75) is 29.2 Å². The number of hydrogen-bond acceptors (Lipinski definition) is 5. The number of carbonyl (C=O) groups is 2. The maximum atomic E-state index is 12.1. The van der Waals surface area contributed by atoms with Crippen molar-refractivity contribution in [3.05, 3.63) is 0 Å². The minimum absolute atomic E-state index is 0.0568. The number of aliphatic hydroxyl groups excluding tert-OH is 1. The molecule has 0 saturated carbocycles. The van der Waals surface area contributed by atoms with Gasteiger partial charge in [0.15, 0.2) is 0 Å². The van der Waals surface area contributed by atoms with Crippen molar-refractivity contribution in [2.24, 2.45) is 5.73 Å². The molecule has 0 saturated heterocycles. The van der Waals surface area contributed by atoms with E-state index in [1.54, 1.807) is 0 Å². The molecular formula is C10H19NO4SSe2. The summed E-state index contributed by atoms with van der Waals surface area (Å²) in [7, 11) is 1.13. The summed E-state index contributed by atoms with van der Waals surface area (Å²) >= 11 is 3.05. The Morgan fingerprint density at radius 3 is 2.56 bits per heavy atom. The van der Waals surface area contributed by atoms with Crippen LogP contribution < -0.4 is 5.73 Å². The maximum absolute atomic E-state index is 12.1. The van der Waals surface area contributed by atoms with Gasteiger partial charge in [-0.25, -0.2) is 0 Å². The fourth-order valence-electron chi connectivity index (χ4n) is 1.34. The monoisotopic (exact) mass is 409 g/mol. The predicted octanol–water partition coefficient (Wildman–Crippen LogP) is -0.670. The Labute approximate surface area is 123 Å². The van der Waals surface area contributed by atoms with Crippen molar-refractivity contribution in [3.8, 4) is 0 Å². The molecule has 106 valence electrons. The summed E-state index contributed by atoms with van der Waals surface area (Å²) in [5.74, 6) is 1.09. The van der Waals surface area contributed by atoms with Crippen molar-refractivity contribution in [3.63, 3.8) is 0 Å². The summed E-state index contributed by atoms with van der Waals surface area (Å²) in [4.78, 5) is 23.8. The molecule has 3 atom stereocenters. The van der Waals surface area contributed by atoms with E-state index in [9.17, 15) is 14.7 Å². The third kappa shape index (κ3) is 5.21. The van der Waals surface area contributed by atoms with Crippen LogP contribution in [-0.4, -0.2) is 77.0 Å². The number of carbonyl (C=O) groups excluding carboxylic acids is 2. The number of ketones is 1. The number of aliphatic hydroxyl groups is 1. The molecule has 0 aliphatic heterocycles. The number of Topliss-reactive ketones (excluding diaryl/α,β-unsaturated/α-hetero) is 1. The second kappa shape index (κ2) is 8.59. The summed E-state index contributed by atoms with van der Waals surface area (Å²) in [5, 5.41) is 10.1. The van der Waals surface area contributed by atoms with Crippen LogP contribution in [0.15, 0.2) is 0 Å². The number of esters is 1. The van der Waals surface area contributed by atoms with E-state index in [-0.39, 0.29) is 30.2 Å². The zero-order valence-electron chi connectivity index (χ0n) is 10.7. The van der Waals surface area contributed by atoms with Crippen LogP contribution in [0.3, 0.4) is 0 Å². The van der Waals surface area contributed by atoms with Gasteiger partial charge in [0, 0.05) is 0 Å². The number of nitrogens with two attached hydrogens (primary N) is 1. The van der Waals surface area contributed by atoms with Gasteiger partial charge in [0.1, 0.15) is 0 Å². The van der Waals surface area contributed by atoms with Gasteiger partial charge in [-0.3, -0.25) is 0 Å². The average Bonchev–Trinajstić information content (AvgIpc) is 2.34. The molecule has 0 aliphatic rings. The summed E-state index contributed by atoms with van der Waals surface area (Å²) in [5.41, 5.74) is 4.16. The first-order valence-electron chi connectivity index (χ1n) is 5.18. The van der Waals surface area contributed by atoms with Crippen molar-refractivity contribution in [1.29, 1.82) is 0 Å². The Bertz CT molecular complexity index is 340. The van der Waals surface area contributed by atoms with Crippen molar-refractivity contribution < 1.29 is 19.4 Å². The van der Waals surface area contributed by atoms with E-state index >= 15 is 0 Å².